The number of carbonyl (C=O) groups excluding carboxylic acids is 4. The van der Waals surface area contributed by atoms with Crippen LogP contribution in [0.4, 0.5) is 0 Å². The number of carbonyl (C=O) groups is 4. The predicted octanol–water partition coefficient (Wildman–Crippen LogP) is 2.85. The second-order valence-corrected chi connectivity index (χ2v) is 7.39. The second-order valence-electron chi connectivity index (χ2n) is 7.39. The first kappa shape index (κ1) is 28.8. The highest BCUT2D eigenvalue weighted by Crippen LogP contribution is 2.07. The van der Waals surface area contributed by atoms with E-state index in [0.717, 1.165) is 44.9 Å². The van der Waals surface area contributed by atoms with Gasteiger partial charge in [0.2, 0.25) is 0 Å². The van der Waals surface area contributed by atoms with Crippen molar-refractivity contribution >= 4 is 23.9 Å². The number of aliphatic hydroxyl groups is 1. The van der Waals surface area contributed by atoms with Crippen molar-refractivity contribution in [2.75, 3.05) is 13.2 Å². The van der Waals surface area contributed by atoms with E-state index in [-0.39, 0.29) is 13.2 Å². The van der Waals surface area contributed by atoms with Crippen LogP contribution in [0.15, 0.2) is 0 Å². The number of hydrogen-bond acceptors (Lipinski definition) is 9. The Morgan fingerprint density at radius 1 is 0.677 bits per heavy atom. The fourth-order valence-corrected chi connectivity index (χ4v) is 2.47. The highest BCUT2D eigenvalue weighted by Gasteiger charge is 2.28. The highest BCUT2D eigenvalue weighted by atomic mass is 16.6. The van der Waals surface area contributed by atoms with Crippen molar-refractivity contribution < 1.29 is 43.2 Å². The molecule has 0 bridgehead atoms. The summed E-state index contributed by atoms with van der Waals surface area (Å²) in [7, 11) is 0. The summed E-state index contributed by atoms with van der Waals surface area (Å²) >= 11 is 0. The summed E-state index contributed by atoms with van der Waals surface area (Å²) in [6.45, 7) is 7.26. The quantitative estimate of drug-likeness (QED) is 0.204. The fourth-order valence-electron chi connectivity index (χ4n) is 2.47. The maximum atomic E-state index is 11.9. The molecule has 9 nitrogen and oxygen atoms in total. The number of esters is 4. The molecule has 3 unspecified atom stereocenters. The molecule has 0 aliphatic rings. The van der Waals surface area contributed by atoms with Crippen LogP contribution in [0.1, 0.15) is 85.5 Å². The van der Waals surface area contributed by atoms with Crippen LogP contribution in [-0.2, 0) is 38.1 Å². The van der Waals surface area contributed by atoms with E-state index >= 15 is 0 Å². The van der Waals surface area contributed by atoms with Crippen molar-refractivity contribution in [1.29, 1.82) is 0 Å². The van der Waals surface area contributed by atoms with Gasteiger partial charge in [-0.05, 0) is 26.7 Å². The standard InChI is InChI=1S/C22H38O9/c1-5-7-9-11-13-28-20(25)16(3)30-19(24)15-18(23)22(27)31-17(4)21(26)29-14-12-10-8-6-2/h16-18,23H,5-15H2,1-4H3. The lowest BCUT2D eigenvalue weighted by Gasteiger charge is -2.16. The van der Waals surface area contributed by atoms with Crippen molar-refractivity contribution in [3.8, 4) is 0 Å². The lowest BCUT2D eigenvalue weighted by atomic mass is 10.2. The smallest absolute Gasteiger partial charge is 0.347 e. The molecule has 0 saturated carbocycles. The number of hydrogen-bond donors (Lipinski definition) is 1. The Bertz CT molecular complexity index is 547. The van der Waals surface area contributed by atoms with Gasteiger partial charge >= 0.3 is 23.9 Å². The molecule has 3 atom stereocenters. The van der Waals surface area contributed by atoms with E-state index in [9.17, 15) is 24.3 Å². The number of ether oxygens (including phenoxy) is 4. The molecule has 0 saturated heterocycles. The zero-order chi connectivity index (χ0) is 23.6. The first-order chi connectivity index (χ1) is 14.7. The van der Waals surface area contributed by atoms with Crippen molar-refractivity contribution in [3.05, 3.63) is 0 Å². The molecule has 0 aliphatic carbocycles. The molecule has 0 aromatic heterocycles. The van der Waals surface area contributed by atoms with E-state index in [0.29, 0.717) is 6.42 Å². The van der Waals surface area contributed by atoms with Gasteiger partial charge in [-0.25, -0.2) is 14.4 Å². The van der Waals surface area contributed by atoms with Crippen LogP contribution in [0, 0.1) is 0 Å². The Morgan fingerprint density at radius 3 is 1.58 bits per heavy atom. The Hall–Kier alpha value is -2.16. The third kappa shape index (κ3) is 14.5. The Morgan fingerprint density at radius 2 is 1.13 bits per heavy atom. The van der Waals surface area contributed by atoms with Crippen LogP contribution in [0.5, 0.6) is 0 Å². The lowest BCUT2D eigenvalue weighted by Crippen LogP contribution is -2.34. The van der Waals surface area contributed by atoms with E-state index in [4.69, 9.17) is 18.9 Å². The highest BCUT2D eigenvalue weighted by molar-refractivity contribution is 5.85. The molecule has 0 rings (SSSR count). The molecular formula is C22H38O9. The van der Waals surface area contributed by atoms with Crippen molar-refractivity contribution in [3.63, 3.8) is 0 Å². The van der Waals surface area contributed by atoms with Crippen LogP contribution in [0.25, 0.3) is 0 Å². The molecule has 0 radical (unpaired) electrons. The van der Waals surface area contributed by atoms with Gasteiger partial charge in [0.25, 0.3) is 0 Å². The molecule has 180 valence electrons. The molecule has 0 fully saturated rings. The minimum atomic E-state index is -1.83. The Labute approximate surface area is 184 Å². The average molecular weight is 447 g/mol. The van der Waals surface area contributed by atoms with Crippen LogP contribution >= 0.6 is 0 Å². The molecule has 31 heavy (non-hydrogen) atoms. The monoisotopic (exact) mass is 446 g/mol. The molecule has 0 aromatic carbocycles. The van der Waals surface area contributed by atoms with Gasteiger partial charge < -0.3 is 24.1 Å². The third-order valence-corrected chi connectivity index (χ3v) is 4.38. The first-order valence-corrected chi connectivity index (χ1v) is 11.1. The van der Waals surface area contributed by atoms with Crippen LogP contribution in [-0.4, -0.2) is 60.5 Å². The number of unbranched alkanes of at least 4 members (excludes halogenated alkanes) is 6. The number of aliphatic hydroxyl groups excluding tert-OH is 1. The summed E-state index contributed by atoms with van der Waals surface area (Å²) in [6.07, 6.45) is 2.60. The van der Waals surface area contributed by atoms with E-state index in [1.165, 1.54) is 13.8 Å². The van der Waals surface area contributed by atoms with Crippen molar-refractivity contribution in [2.24, 2.45) is 0 Å². The van der Waals surface area contributed by atoms with Gasteiger partial charge in [-0.3, -0.25) is 4.79 Å². The summed E-state index contributed by atoms with van der Waals surface area (Å²) in [6, 6.07) is 0. The lowest BCUT2D eigenvalue weighted by molar-refractivity contribution is -0.175. The normalized spacial score (nSPS) is 13.6. The van der Waals surface area contributed by atoms with Crippen molar-refractivity contribution in [1.82, 2.24) is 0 Å². The summed E-state index contributed by atoms with van der Waals surface area (Å²) in [5, 5.41) is 9.82. The van der Waals surface area contributed by atoms with Gasteiger partial charge in [-0.1, -0.05) is 52.4 Å². The summed E-state index contributed by atoms with van der Waals surface area (Å²) in [5.74, 6) is -3.54. The zero-order valence-corrected chi connectivity index (χ0v) is 19.2. The minimum Gasteiger partial charge on any atom is -0.463 e. The van der Waals surface area contributed by atoms with Gasteiger partial charge in [-0.2, -0.15) is 0 Å². The SMILES string of the molecule is CCCCCCOC(=O)C(C)OC(=O)CC(O)C(=O)OC(C)C(=O)OCCCCCC. The van der Waals surface area contributed by atoms with E-state index in [1.807, 2.05) is 0 Å². The predicted molar refractivity (Wildman–Crippen MR) is 112 cm³/mol. The zero-order valence-electron chi connectivity index (χ0n) is 19.2. The van der Waals surface area contributed by atoms with Gasteiger partial charge in [0, 0.05) is 0 Å². The molecule has 0 heterocycles. The first-order valence-electron chi connectivity index (χ1n) is 11.1. The topological polar surface area (TPSA) is 125 Å². The van der Waals surface area contributed by atoms with Crippen LogP contribution < -0.4 is 0 Å². The van der Waals surface area contributed by atoms with Crippen molar-refractivity contribution in [2.45, 2.75) is 104 Å². The molecular weight excluding hydrogens is 408 g/mol. The maximum absolute atomic E-state index is 11.9. The summed E-state index contributed by atoms with van der Waals surface area (Å²) in [4.78, 5) is 47.3. The molecule has 0 spiro atoms. The molecule has 0 amide bonds. The summed E-state index contributed by atoms with van der Waals surface area (Å²) < 4.78 is 19.7. The Balaban J connectivity index is 4.18. The van der Waals surface area contributed by atoms with Crippen LogP contribution in [0.3, 0.4) is 0 Å². The maximum Gasteiger partial charge on any atom is 0.347 e. The molecule has 9 heteroatoms. The van der Waals surface area contributed by atoms with E-state index in [2.05, 4.69) is 13.8 Å². The van der Waals surface area contributed by atoms with Gasteiger partial charge in [-0.15, -0.1) is 0 Å². The van der Waals surface area contributed by atoms with E-state index < -0.39 is 48.6 Å². The number of rotatable bonds is 17. The summed E-state index contributed by atoms with van der Waals surface area (Å²) in [5.41, 5.74) is 0. The largest absolute Gasteiger partial charge is 0.463 e. The molecule has 1 N–H and O–H groups in total. The van der Waals surface area contributed by atoms with Gasteiger partial charge in [0.05, 0.1) is 19.6 Å². The Kier molecular flexibility index (Phi) is 16.3. The van der Waals surface area contributed by atoms with Crippen LogP contribution in [0.2, 0.25) is 0 Å². The third-order valence-electron chi connectivity index (χ3n) is 4.38. The fraction of sp³-hybridized carbons (Fsp3) is 0.818. The second kappa shape index (κ2) is 17.5. The van der Waals surface area contributed by atoms with E-state index in [1.54, 1.807) is 0 Å². The molecule has 0 aliphatic heterocycles. The van der Waals surface area contributed by atoms with Gasteiger partial charge in [0.15, 0.2) is 18.3 Å². The average Bonchev–Trinajstić information content (AvgIpc) is 2.72. The minimum absolute atomic E-state index is 0.224. The van der Waals surface area contributed by atoms with Gasteiger partial charge in [0.1, 0.15) is 0 Å². The molecule has 0 aromatic rings.